The van der Waals surface area contributed by atoms with Gasteiger partial charge in [0.05, 0.1) is 0 Å². The molecule has 94 valence electrons. The molecule has 2 aromatic carbocycles. The number of carbonyl (C=O) groups excluding carboxylic acids is 1. The fourth-order valence-electron chi connectivity index (χ4n) is 2.08. The largest absolute Gasteiger partial charge is 0.360 e. The van der Waals surface area contributed by atoms with Gasteiger partial charge < -0.3 is 4.98 Å². The van der Waals surface area contributed by atoms with Crippen molar-refractivity contribution in [2.24, 2.45) is 0 Å². The molecule has 2 nitrogen and oxygen atoms in total. The second kappa shape index (κ2) is 4.94. The van der Waals surface area contributed by atoms with Gasteiger partial charge in [-0.05, 0) is 40.2 Å². The number of aromatic amines is 1. The third kappa shape index (κ3) is 2.26. The number of ketones is 1. The van der Waals surface area contributed by atoms with Gasteiger partial charge in [0.1, 0.15) is 0 Å². The lowest BCUT2D eigenvalue weighted by Crippen LogP contribution is -2.01. The summed E-state index contributed by atoms with van der Waals surface area (Å²) < 4.78 is 1.73. The van der Waals surface area contributed by atoms with Crippen molar-refractivity contribution in [3.05, 3.63) is 68.7 Å². The summed E-state index contributed by atoms with van der Waals surface area (Å²) in [5, 5.41) is 0.947. The van der Waals surface area contributed by atoms with Crippen molar-refractivity contribution in [1.29, 1.82) is 0 Å². The van der Waals surface area contributed by atoms with E-state index in [1.165, 1.54) is 0 Å². The van der Waals surface area contributed by atoms with Crippen LogP contribution in [0.25, 0.3) is 10.9 Å². The third-order valence-corrected chi connectivity index (χ3v) is 4.16. The molecule has 0 spiro atoms. The smallest absolute Gasteiger partial charge is 0.196 e. The number of hydrogen-bond donors (Lipinski definition) is 1. The van der Waals surface area contributed by atoms with Gasteiger partial charge in [-0.25, -0.2) is 0 Å². The Labute approximate surface area is 127 Å². The van der Waals surface area contributed by atoms with E-state index in [-0.39, 0.29) is 5.78 Å². The van der Waals surface area contributed by atoms with Gasteiger partial charge in [-0.1, -0.05) is 34.1 Å². The molecule has 0 amide bonds. The Hall–Kier alpha value is -1.39. The fourth-order valence-corrected chi connectivity index (χ4v) is 3.31. The summed E-state index contributed by atoms with van der Waals surface area (Å²) in [4.78, 5) is 15.7. The molecule has 19 heavy (non-hydrogen) atoms. The first kappa shape index (κ1) is 12.6. The minimum atomic E-state index is 0.0109. The number of halogens is 2. The van der Waals surface area contributed by atoms with E-state index < -0.39 is 0 Å². The van der Waals surface area contributed by atoms with Crippen LogP contribution in [0.15, 0.2) is 57.6 Å². The van der Waals surface area contributed by atoms with E-state index in [1.807, 2.05) is 42.5 Å². The number of aromatic nitrogens is 1. The van der Waals surface area contributed by atoms with Gasteiger partial charge in [-0.3, -0.25) is 4.79 Å². The van der Waals surface area contributed by atoms with Crippen LogP contribution in [-0.2, 0) is 0 Å². The molecule has 4 heteroatoms. The van der Waals surface area contributed by atoms with E-state index in [1.54, 1.807) is 6.20 Å². The maximum absolute atomic E-state index is 12.6. The van der Waals surface area contributed by atoms with Gasteiger partial charge in [0.2, 0.25) is 0 Å². The first-order valence-electron chi connectivity index (χ1n) is 5.72. The molecule has 0 radical (unpaired) electrons. The van der Waals surface area contributed by atoms with E-state index in [0.29, 0.717) is 11.1 Å². The van der Waals surface area contributed by atoms with Crippen molar-refractivity contribution in [2.45, 2.75) is 0 Å². The van der Waals surface area contributed by atoms with Crippen molar-refractivity contribution >= 4 is 48.5 Å². The first-order valence-corrected chi connectivity index (χ1v) is 7.31. The standard InChI is InChI=1S/C15H9Br2NO/c16-9-5-6-11(13(17)7-9)15(19)12-8-18-14-4-2-1-3-10(12)14/h1-8,18H. The average Bonchev–Trinajstić information content (AvgIpc) is 2.82. The van der Waals surface area contributed by atoms with E-state index in [0.717, 1.165) is 19.8 Å². The predicted molar refractivity (Wildman–Crippen MR) is 83.6 cm³/mol. The molecule has 3 rings (SSSR count). The normalized spacial score (nSPS) is 10.8. The van der Waals surface area contributed by atoms with Crippen LogP contribution < -0.4 is 0 Å². The molecule has 0 fully saturated rings. The van der Waals surface area contributed by atoms with Crippen LogP contribution in [0.5, 0.6) is 0 Å². The van der Waals surface area contributed by atoms with Crippen molar-refractivity contribution in [3.8, 4) is 0 Å². The van der Waals surface area contributed by atoms with Crippen LogP contribution in [-0.4, -0.2) is 10.8 Å². The van der Waals surface area contributed by atoms with E-state index in [9.17, 15) is 4.79 Å². The highest BCUT2D eigenvalue weighted by Gasteiger charge is 2.16. The van der Waals surface area contributed by atoms with E-state index in [4.69, 9.17) is 0 Å². The van der Waals surface area contributed by atoms with Crippen molar-refractivity contribution in [3.63, 3.8) is 0 Å². The van der Waals surface area contributed by atoms with Crippen molar-refractivity contribution in [1.82, 2.24) is 4.98 Å². The molecule has 0 saturated heterocycles. The molecule has 0 aliphatic carbocycles. The number of benzene rings is 2. The number of hydrogen-bond acceptors (Lipinski definition) is 1. The first-order chi connectivity index (χ1) is 9.16. The molecule has 0 unspecified atom stereocenters. The summed E-state index contributed by atoms with van der Waals surface area (Å²) in [6, 6.07) is 13.4. The Morgan fingerprint density at radius 1 is 1.00 bits per heavy atom. The second-order valence-electron chi connectivity index (χ2n) is 4.20. The average molecular weight is 379 g/mol. The van der Waals surface area contributed by atoms with E-state index in [2.05, 4.69) is 36.8 Å². The Bertz CT molecular complexity index is 777. The van der Waals surface area contributed by atoms with Crippen LogP contribution in [0.1, 0.15) is 15.9 Å². The zero-order chi connectivity index (χ0) is 13.4. The number of nitrogens with one attached hydrogen (secondary N) is 1. The van der Waals surface area contributed by atoms with Crippen molar-refractivity contribution < 1.29 is 4.79 Å². The zero-order valence-electron chi connectivity index (χ0n) is 9.78. The molecular weight excluding hydrogens is 370 g/mol. The number of para-hydroxylation sites is 1. The molecular formula is C15H9Br2NO. The van der Waals surface area contributed by atoms with Gasteiger partial charge in [0.25, 0.3) is 0 Å². The lowest BCUT2D eigenvalue weighted by molar-refractivity contribution is 0.103. The third-order valence-electron chi connectivity index (χ3n) is 3.01. The number of fused-ring (bicyclic) bond motifs is 1. The summed E-state index contributed by atoms with van der Waals surface area (Å²) in [5.41, 5.74) is 2.32. The number of carbonyl (C=O) groups is 1. The lowest BCUT2D eigenvalue weighted by atomic mass is 10.0. The Morgan fingerprint density at radius 3 is 2.58 bits per heavy atom. The van der Waals surface area contributed by atoms with Crippen LogP contribution in [0.3, 0.4) is 0 Å². The lowest BCUT2D eigenvalue weighted by Gasteiger charge is -2.03. The summed E-state index contributed by atoms with van der Waals surface area (Å²) in [6.07, 6.45) is 1.77. The molecule has 0 bridgehead atoms. The van der Waals surface area contributed by atoms with Gasteiger partial charge in [-0.15, -0.1) is 0 Å². The van der Waals surface area contributed by atoms with Crippen LogP contribution in [0, 0.1) is 0 Å². The number of H-pyrrole nitrogens is 1. The predicted octanol–water partition coefficient (Wildman–Crippen LogP) is 4.92. The SMILES string of the molecule is O=C(c1ccc(Br)cc1Br)c1c[nH]c2ccccc12. The zero-order valence-corrected chi connectivity index (χ0v) is 13.0. The van der Waals surface area contributed by atoms with Gasteiger partial charge in [-0.2, -0.15) is 0 Å². The highest BCUT2D eigenvalue weighted by molar-refractivity contribution is 9.11. The maximum atomic E-state index is 12.6. The van der Waals surface area contributed by atoms with Crippen LogP contribution in [0.4, 0.5) is 0 Å². The highest BCUT2D eigenvalue weighted by Crippen LogP contribution is 2.27. The minimum absolute atomic E-state index is 0.0109. The summed E-state index contributed by atoms with van der Waals surface area (Å²) in [7, 11) is 0. The highest BCUT2D eigenvalue weighted by atomic mass is 79.9. The molecule has 3 aromatic rings. The van der Waals surface area contributed by atoms with Crippen molar-refractivity contribution in [2.75, 3.05) is 0 Å². The Morgan fingerprint density at radius 2 is 1.79 bits per heavy atom. The van der Waals surface area contributed by atoms with Crippen LogP contribution in [0.2, 0.25) is 0 Å². The van der Waals surface area contributed by atoms with E-state index >= 15 is 0 Å². The van der Waals surface area contributed by atoms with Gasteiger partial charge >= 0.3 is 0 Å². The second-order valence-corrected chi connectivity index (χ2v) is 5.97. The maximum Gasteiger partial charge on any atom is 0.196 e. The molecule has 0 atom stereocenters. The van der Waals surface area contributed by atoms with Crippen LogP contribution >= 0.6 is 31.9 Å². The Balaban J connectivity index is 2.13. The molecule has 1 N–H and O–H groups in total. The topological polar surface area (TPSA) is 32.9 Å². The molecule has 1 heterocycles. The number of rotatable bonds is 2. The fraction of sp³-hybridized carbons (Fsp3) is 0. The molecule has 0 aliphatic rings. The monoisotopic (exact) mass is 377 g/mol. The summed E-state index contributed by atoms with van der Waals surface area (Å²) >= 11 is 6.82. The molecule has 0 aliphatic heterocycles. The van der Waals surface area contributed by atoms with Gasteiger partial charge in [0, 0.05) is 37.2 Å². The minimum Gasteiger partial charge on any atom is -0.360 e. The quantitative estimate of drug-likeness (QED) is 0.630. The molecule has 1 aromatic heterocycles. The summed E-state index contributed by atoms with van der Waals surface area (Å²) in [5.74, 6) is 0.0109. The van der Waals surface area contributed by atoms with Gasteiger partial charge in [0.15, 0.2) is 5.78 Å². The Kier molecular flexibility index (Phi) is 3.29. The molecule has 0 saturated carbocycles. The summed E-state index contributed by atoms with van der Waals surface area (Å²) in [6.45, 7) is 0.